The summed E-state index contributed by atoms with van der Waals surface area (Å²) in [5.74, 6) is 0.565. The number of hydrogen-bond acceptors (Lipinski definition) is 8. The van der Waals surface area contributed by atoms with Crippen LogP contribution in [0.1, 0.15) is 18.1 Å². The minimum Gasteiger partial charge on any atom is -0.490 e. The molecule has 1 aliphatic rings. The van der Waals surface area contributed by atoms with Gasteiger partial charge in [-0.3, -0.25) is 24.6 Å². The SMILES string of the molecule is CCOc1cc(/C=C2/SC(=O)N(CCOC)C2=O)ccc1OCc1cccc([N+](=O)[O-])c1. The largest absolute Gasteiger partial charge is 0.490 e. The molecule has 10 heteroatoms. The first-order valence-corrected chi connectivity index (χ1v) is 10.6. The summed E-state index contributed by atoms with van der Waals surface area (Å²) in [6, 6.07) is 11.4. The normalized spacial score (nSPS) is 14.8. The Hall–Kier alpha value is -3.37. The lowest BCUT2D eigenvalue weighted by Crippen LogP contribution is -2.31. The Kier molecular flexibility index (Phi) is 7.85. The van der Waals surface area contributed by atoms with Crippen molar-refractivity contribution in [1.29, 1.82) is 0 Å². The number of nitro groups is 1. The number of imide groups is 1. The first kappa shape index (κ1) is 23.3. The lowest BCUT2D eigenvalue weighted by atomic mass is 10.1. The average Bonchev–Trinajstić information content (AvgIpc) is 3.04. The van der Waals surface area contributed by atoms with E-state index in [1.165, 1.54) is 19.2 Å². The van der Waals surface area contributed by atoms with Gasteiger partial charge in [-0.2, -0.15) is 0 Å². The molecule has 1 saturated heterocycles. The van der Waals surface area contributed by atoms with Crippen molar-refractivity contribution in [2.24, 2.45) is 0 Å². The maximum atomic E-state index is 12.5. The molecule has 2 aromatic carbocycles. The van der Waals surface area contributed by atoms with E-state index in [1.54, 1.807) is 36.4 Å². The highest BCUT2D eigenvalue weighted by atomic mass is 32.2. The second kappa shape index (κ2) is 10.8. The predicted molar refractivity (Wildman–Crippen MR) is 120 cm³/mol. The molecule has 2 amide bonds. The third-order valence-electron chi connectivity index (χ3n) is 4.47. The molecule has 0 aliphatic carbocycles. The zero-order chi connectivity index (χ0) is 23.1. The fourth-order valence-electron chi connectivity index (χ4n) is 2.95. The van der Waals surface area contributed by atoms with Crippen molar-refractivity contribution in [2.75, 3.05) is 26.9 Å². The van der Waals surface area contributed by atoms with Gasteiger partial charge in [0.05, 0.1) is 29.6 Å². The van der Waals surface area contributed by atoms with E-state index < -0.39 is 4.92 Å². The summed E-state index contributed by atoms with van der Waals surface area (Å²) in [4.78, 5) is 36.5. The minimum absolute atomic E-state index is 0.00840. The Morgan fingerprint density at radius 3 is 2.66 bits per heavy atom. The molecule has 168 valence electrons. The van der Waals surface area contributed by atoms with Gasteiger partial charge in [-0.05, 0) is 48.0 Å². The lowest BCUT2D eigenvalue weighted by molar-refractivity contribution is -0.384. The topological polar surface area (TPSA) is 108 Å². The number of non-ortho nitro benzene ring substituents is 1. The number of rotatable bonds is 10. The van der Waals surface area contributed by atoms with Gasteiger partial charge in [0, 0.05) is 19.2 Å². The van der Waals surface area contributed by atoms with Gasteiger partial charge in [0.25, 0.3) is 16.8 Å². The van der Waals surface area contributed by atoms with Crippen molar-refractivity contribution >= 4 is 34.7 Å². The van der Waals surface area contributed by atoms with Crippen molar-refractivity contribution in [3.8, 4) is 11.5 Å². The van der Waals surface area contributed by atoms with E-state index >= 15 is 0 Å². The minimum atomic E-state index is -0.457. The first-order valence-electron chi connectivity index (χ1n) is 9.80. The Bertz CT molecular complexity index is 1050. The van der Waals surface area contributed by atoms with E-state index in [4.69, 9.17) is 14.2 Å². The monoisotopic (exact) mass is 458 g/mol. The average molecular weight is 458 g/mol. The number of nitrogens with zero attached hydrogens (tertiary/aromatic N) is 2. The van der Waals surface area contributed by atoms with Gasteiger partial charge >= 0.3 is 0 Å². The second-order valence-corrected chi connectivity index (χ2v) is 7.67. The van der Waals surface area contributed by atoms with Crippen LogP contribution in [0, 0.1) is 10.1 Å². The number of ether oxygens (including phenoxy) is 3. The molecule has 32 heavy (non-hydrogen) atoms. The molecular formula is C22H22N2O7S. The molecule has 0 radical (unpaired) electrons. The van der Waals surface area contributed by atoms with Gasteiger partial charge < -0.3 is 14.2 Å². The quantitative estimate of drug-likeness (QED) is 0.295. The van der Waals surface area contributed by atoms with Crippen molar-refractivity contribution in [1.82, 2.24) is 4.90 Å². The Morgan fingerprint density at radius 1 is 1.12 bits per heavy atom. The van der Waals surface area contributed by atoms with Crippen LogP contribution in [-0.2, 0) is 16.1 Å². The highest BCUT2D eigenvalue weighted by Gasteiger charge is 2.34. The molecule has 0 N–H and O–H groups in total. The number of carbonyl (C=O) groups is 2. The fraction of sp³-hybridized carbons (Fsp3) is 0.273. The molecule has 9 nitrogen and oxygen atoms in total. The molecular weight excluding hydrogens is 436 g/mol. The molecule has 0 unspecified atom stereocenters. The number of hydrogen-bond donors (Lipinski definition) is 0. The van der Waals surface area contributed by atoms with Gasteiger partial charge in [-0.1, -0.05) is 18.2 Å². The first-order chi connectivity index (χ1) is 15.4. The summed E-state index contributed by atoms with van der Waals surface area (Å²) in [5.41, 5.74) is 1.31. The second-order valence-electron chi connectivity index (χ2n) is 6.68. The smallest absolute Gasteiger partial charge is 0.293 e. The standard InChI is InChI=1S/C22H22N2O7S/c1-3-30-19-12-15(13-20-21(25)23(9-10-29-2)22(26)32-20)7-8-18(19)31-14-16-5-4-6-17(11-16)24(27)28/h4-8,11-13H,3,9-10,14H2,1-2H3/b20-13+. The van der Waals surface area contributed by atoms with Gasteiger partial charge in [0.1, 0.15) is 6.61 Å². The summed E-state index contributed by atoms with van der Waals surface area (Å²) >= 11 is 0.878. The van der Waals surface area contributed by atoms with Crippen LogP contribution < -0.4 is 9.47 Å². The molecule has 0 aromatic heterocycles. The Morgan fingerprint density at radius 2 is 1.94 bits per heavy atom. The Balaban J connectivity index is 1.77. The van der Waals surface area contributed by atoms with E-state index in [9.17, 15) is 19.7 Å². The molecule has 1 aliphatic heterocycles. The van der Waals surface area contributed by atoms with Crippen LogP contribution in [0.25, 0.3) is 6.08 Å². The molecule has 0 saturated carbocycles. The van der Waals surface area contributed by atoms with Crippen LogP contribution >= 0.6 is 11.8 Å². The fourth-order valence-corrected chi connectivity index (χ4v) is 3.81. The highest BCUT2D eigenvalue weighted by Crippen LogP contribution is 2.35. The van der Waals surface area contributed by atoms with E-state index in [-0.39, 0.29) is 36.6 Å². The number of nitro benzene ring substituents is 1. The van der Waals surface area contributed by atoms with Gasteiger partial charge in [-0.25, -0.2) is 0 Å². The third kappa shape index (κ3) is 5.65. The molecule has 0 atom stereocenters. The Labute approximate surface area is 189 Å². The summed E-state index contributed by atoms with van der Waals surface area (Å²) in [7, 11) is 1.51. The zero-order valence-corrected chi connectivity index (χ0v) is 18.4. The van der Waals surface area contributed by atoms with Crippen molar-refractivity contribution in [3.05, 3.63) is 68.6 Å². The highest BCUT2D eigenvalue weighted by molar-refractivity contribution is 8.18. The van der Waals surface area contributed by atoms with Crippen LogP contribution in [0.2, 0.25) is 0 Å². The van der Waals surface area contributed by atoms with Crippen molar-refractivity contribution < 1.29 is 28.7 Å². The maximum absolute atomic E-state index is 12.5. The summed E-state index contributed by atoms with van der Waals surface area (Å²) in [5, 5.41) is 10.6. The van der Waals surface area contributed by atoms with E-state index in [0.29, 0.717) is 34.1 Å². The molecule has 0 spiro atoms. The van der Waals surface area contributed by atoms with Crippen LogP contribution in [0.3, 0.4) is 0 Å². The summed E-state index contributed by atoms with van der Waals surface area (Å²) < 4.78 is 16.4. The summed E-state index contributed by atoms with van der Waals surface area (Å²) in [6.07, 6.45) is 1.63. The maximum Gasteiger partial charge on any atom is 0.293 e. The number of amides is 2. The molecule has 0 bridgehead atoms. The van der Waals surface area contributed by atoms with Crippen molar-refractivity contribution in [3.63, 3.8) is 0 Å². The molecule has 1 heterocycles. The van der Waals surface area contributed by atoms with Gasteiger partial charge in [0.15, 0.2) is 11.5 Å². The van der Waals surface area contributed by atoms with E-state index in [1.807, 2.05) is 6.92 Å². The van der Waals surface area contributed by atoms with Crippen LogP contribution in [0.4, 0.5) is 10.5 Å². The van der Waals surface area contributed by atoms with Gasteiger partial charge in [-0.15, -0.1) is 0 Å². The molecule has 3 rings (SSSR count). The van der Waals surface area contributed by atoms with Gasteiger partial charge in [0.2, 0.25) is 0 Å². The lowest BCUT2D eigenvalue weighted by Gasteiger charge is -2.13. The number of methoxy groups -OCH3 is 1. The third-order valence-corrected chi connectivity index (χ3v) is 5.38. The zero-order valence-electron chi connectivity index (χ0n) is 17.6. The van der Waals surface area contributed by atoms with Crippen LogP contribution in [-0.4, -0.2) is 47.8 Å². The number of thioether (sulfide) groups is 1. The predicted octanol–water partition coefficient (Wildman–Crippen LogP) is 4.26. The number of benzene rings is 2. The van der Waals surface area contributed by atoms with Crippen LogP contribution in [0.15, 0.2) is 47.4 Å². The van der Waals surface area contributed by atoms with E-state index in [0.717, 1.165) is 16.7 Å². The molecule has 1 fully saturated rings. The van der Waals surface area contributed by atoms with Crippen molar-refractivity contribution in [2.45, 2.75) is 13.5 Å². The van der Waals surface area contributed by atoms with Crippen LogP contribution in [0.5, 0.6) is 11.5 Å². The molecule has 2 aromatic rings. The number of carbonyl (C=O) groups excluding carboxylic acids is 2. The summed E-state index contributed by atoms with van der Waals surface area (Å²) in [6.45, 7) is 2.82. The van der Waals surface area contributed by atoms with E-state index in [2.05, 4.69) is 0 Å².